The lowest BCUT2D eigenvalue weighted by Gasteiger charge is -2.16. The number of nitrogens with zero attached hydrogens (tertiary/aromatic N) is 4. The molecule has 2 aromatic heterocycles. The van der Waals surface area contributed by atoms with E-state index in [0.717, 1.165) is 66.2 Å². The van der Waals surface area contributed by atoms with Gasteiger partial charge in [0.2, 0.25) is 0 Å². The van der Waals surface area contributed by atoms with Crippen molar-refractivity contribution in [3.8, 4) is 17.1 Å². The van der Waals surface area contributed by atoms with Crippen LogP contribution in [0.1, 0.15) is 46.7 Å². The topological polar surface area (TPSA) is 64.7 Å². The summed E-state index contributed by atoms with van der Waals surface area (Å²) in [5.41, 5.74) is 6.92. The number of aryl methyl sites for hydroxylation is 1. The fourth-order valence-electron chi connectivity index (χ4n) is 4.96. The average molecular weight is 424 g/mol. The molecule has 1 amide bonds. The molecule has 6 rings (SSSR count). The molecule has 0 unspecified atom stereocenters. The van der Waals surface area contributed by atoms with E-state index in [2.05, 4.69) is 14.9 Å². The van der Waals surface area contributed by atoms with E-state index in [4.69, 9.17) is 5.10 Å². The molecule has 2 aromatic carbocycles. The lowest BCUT2D eigenvalue weighted by molar-refractivity contribution is 0.102. The van der Waals surface area contributed by atoms with Crippen molar-refractivity contribution in [1.29, 1.82) is 0 Å². The van der Waals surface area contributed by atoms with Crippen LogP contribution in [0, 0.1) is 0 Å². The van der Waals surface area contributed by atoms with Crippen LogP contribution in [0.3, 0.4) is 0 Å². The van der Waals surface area contributed by atoms with Gasteiger partial charge in [0.25, 0.3) is 5.91 Å². The van der Waals surface area contributed by atoms with Crippen molar-refractivity contribution in [2.45, 2.75) is 45.1 Å². The van der Waals surface area contributed by atoms with E-state index < -0.39 is 0 Å². The van der Waals surface area contributed by atoms with Gasteiger partial charge in [0.05, 0.1) is 5.69 Å². The zero-order valence-electron chi connectivity index (χ0n) is 17.9. The molecule has 6 heteroatoms. The molecule has 4 aromatic rings. The number of benzene rings is 2. The molecule has 0 saturated heterocycles. The highest BCUT2D eigenvalue weighted by Gasteiger charge is 2.27. The van der Waals surface area contributed by atoms with Gasteiger partial charge in [-0.15, -0.1) is 0 Å². The summed E-state index contributed by atoms with van der Waals surface area (Å²) in [5.74, 6) is 0.862. The number of aromatic nitrogens is 4. The van der Waals surface area contributed by atoms with Crippen LogP contribution < -0.4 is 5.32 Å². The van der Waals surface area contributed by atoms with Crippen molar-refractivity contribution >= 4 is 11.6 Å². The monoisotopic (exact) mass is 423 g/mol. The number of hydrogen-bond donors (Lipinski definition) is 1. The van der Waals surface area contributed by atoms with Crippen LogP contribution in [0.5, 0.6) is 0 Å². The van der Waals surface area contributed by atoms with Crippen LogP contribution in [0.2, 0.25) is 0 Å². The fourth-order valence-corrected chi connectivity index (χ4v) is 4.96. The van der Waals surface area contributed by atoms with Crippen LogP contribution in [-0.2, 0) is 25.8 Å². The molecule has 32 heavy (non-hydrogen) atoms. The van der Waals surface area contributed by atoms with Crippen molar-refractivity contribution in [3.05, 3.63) is 83.4 Å². The van der Waals surface area contributed by atoms with E-state index >= 15 is 0 Å². The number of amides is 1. The molecular formula is C26H25N5O. The fraction of sp³-hybridized carbons (Fsp3) is 0.269. The molecule has 3 heterocycles. The Morgan fingerprint density at radius 2 is 1.75 bits per heavy atom. The standard InChI is InChI=1S/C26H25N5O/c32-26(24-22-10-6-11-23(22)31(29-24)20-7-2-1-3-8-20)28-19-14-12-18(13-15-19)25-27-17-21-9-4-5-16-30(21)25/h1-3,7-8,12-15,17H,4-6,9-11,16H2,(H,28,32). The summed E-state index contributed by atoms with van der Waals surface area (Å²) in [4.78, 5) is 17.8. The Labute approximate surface area is 186 Å². The van der Waals surface area contributed by atoms with E-state index in [1.54, 1.807) is 0 Å². The highest BCUT2D eigenvalue weighted by Crippen LogP contribution is 2.29. The summed E-state index contributed by atoms with van der Waals surface area (Å²) in [5, 5.41) is 7.74. The molecule has 6 nitrogen and oxygen atoms in total. The quantitative estimate of drug-likeness (QED) is 0.512. The van der Waals surface area contributed by atoms with Crippen LogP contribution in [0.15, 0.2) is 60.8 Å². The first kappa shape index (κ1) is 19.0. The number of para-hydroxylation sites is 1. The first-order valence-corrected chi connectivity index (χ1v) is 11.4. The molecule has 0 fully saturated rings. The van der Waals surface area contributed by atoms with Crippen LogP contribution in [0.4, 0.5) is 5.69 Å². The smallest absolute Gasteiger partial charge is 0.276 e. The summed E-state index contributed by atoms with van der Waals surface area (Å²) in [6.45, 7) is 1.03. The molecule has 0 spiro atoms. The first-order chi connectivity index (χ1) is 15.8. The first-order valence-electron chi connectivity index (χ1n) is 11.4. The molecule has 0 saturated carbocycles. The Bertz CT molecular complexity index is 1280. The number of hydrogen-bond acceptors (Lipinski definition) is 3. The number of imidazole rings is 1. The lowest BCUT2D eigenvalue weighted by Crippen LogP contribution is -2.15. The van der Waals surface area contributed by atoms with Crippen molar-refractivity contribution in [2.75, 3.05) is 5.32 Å². The predicted octanol–water partition coefficient (Wildman–Crippen LogP) is 4.81. The average Bonchev–Trinajstić information content (AvgIpc) is 3.55. The largest absolute Gasteiger partial charge is 0.328 e. The van der Waals surface area contributed by atoms with Crippen molar-refractivity contribution < 1.29 is 4.79 Å². The third-order valence-corrected chi connectivity index (χ3v) is 6.55. The number of rotatable bonds is 4. The molecule has 1 N–H and O–H groups in total. The predicted molar refractivity (Wildman–Crippen MR) is 124 cm³/mol. The molecular weight excluding hydrogens is 398 g/mol. The van der Waals surface area contributed by atoms with Crippen molar-refractivity contribution in [3.63, 3.8) is 0 Å². The van der Waals surface area contributed by atoms with E-state index in [0.29, 0.717) is 5.69 Å². The third-order valence-electron chi connectivity index (χ3n) is 6.55. The number of nitrogens with one attached hydrogen (secondary N) is 1. The van der Waals surface area contributed by atoms with E-state index in [1.165, 1.54) is 18.5 Å². The van der Waals surface area contributed by atoms with Gasteiger partial charge in [0.15, 0.2) is 5.69 Å². The van der Waals surface area contributed by atoms with Crippen molar-refractivity contribution in [1.82, 2.24) is 19.3 Å². The molecule has 1 aliphatic heterocycles. The molecule has 0 atom stereocenters. The normalized spacial score (nSPS) is 14.8. The van der Waals surface area contributed by atoms with Gasteiger partial charge in [0, 0.05) is 40.9 Å². The highest BCUT2D eigenvalue weighted by molar-refractivity contribution is 6.04. The van der Waals surface area contributed by atoms with Gasteiger partial charge < -0.3 is 9.88 Å². The van der Waals surface area contributed by atoms with Crippen LogP contribution in [0.25, 0.3) is 17.1 Å². The second kappa shape index (κ2) is 7.79. The zero-order chi connectivity index (χ0) is 21.5. The minimum absolute atomic E-state index is 0.149. The SMILES string of the molecule is O=C(Nc1ccc(-c2ncc3n2CCCC3)cc1)c1nn(-c2ccccc2)c2c1CCC2. The van der Waals surface area contributed by atoms with Crippen molar-refractivity contribution in [2.24, 2.45) is 0 Å². The second-order valence-electron chi connectivity index (χ2n) is 8.59. The number of anilines is 1. The molecule has 2 aliphatic rings. The van der Waals surface area contributed by atoms with Gasteiger partial charge in [0.1, 0.15) is 5.82 Å². The Kier molecular flexibility index (Phi) is 4.63. The van der Waals surface area contributed by atoms with Crippen LogP contribution >= 0.6 is 0 Å². The summed E-state index contributed by atoms with van der Waals surface area (Å²) in [6.07, 6.45) is 8.44. The summed E-state index contributed by atoms with van der Waals surface area (Å²) in [6, 6.07) is 18.0. The van der Waals surface area contributed by atoms with Crippen LogP contribution in [-0.4, -0.2) is 25.2 Å². The minimum Gasteiger partial charge on any atom is -0.328 e. The summed E-state index contributed by atoms with van der Waals surface area (Å²) >= 11 is 0. The Morgan fingerprint density at radius 1 is 0.906 bits per heavy atom. The Balaban J connectivity index is 1.25. The molecule has 160 valence electrons. The van der Waals surface area contributed by atoms with Gasteiger partial charge >= 0.3 is 0 Å². The second-order valence-corrected chi connectivity index (χ2v) is 8.59. The maximum Gasteiger partial charge on any atom is 0.276 e. The highest BCUT2D eigenvalue weighted by atomic mass is 16.2. The third kappa shape index (κ3) is 3.23. The summed E-state index contributed by atoms with van der Waals surface area (Å²) < 4.78 is 4.25. The summed E-state index contributed by atoms with van der Waals surface area (Å²) in [7, 11) is 0. The van der Waals surface area contributed by atoms with Gasteiger partial charge in [-0.1, -0.05) is 18.2 Å². The van der Waals surface area contributed by atoms with E-state index in [1.807, 2.05) is 65.5 Å². The van der Waals surface area contributed by atoms with Gasteiger partial charge in [-0.2, -0.15) is 5.10 Å². The minimum atomic E-state index is -0.149. The number of fused-ring (bicyclic) bond motifs is 2. The molecule has 0 radical (unpaired) electrons. The number of carbonyl (C=O) groups is 1. The van der Waals surface area contributed by atoms with E-state index in [9.17, 15) is 4.79 Å². The Morgan fingerprint density at radius 3 is 2.59 bits per heavy atom. The van der Waals surface area contributed by atoms with Gasteiger partial charge in [-0.25, -0.2) is 9.67 Å². The maximum atomic E-state index is 13.1. The zero-order valence-corrected chi connectivity index (χ0v) is 17.9. The van der Waals surface area contributed by atoms with Gasteiger partial charge in [-0.3, -0.25) is 4.79 Å². The van der Waals surface area contributed by atoms with E-state index in [-0.39, 0.29) is 5.91 Å². The Hall–Kier alpha value is -3.67. The lowest BCUT2D eigenvalue weighted by atomic mass is 10.1. The van der Waals surface area contributed by atoms with Gasteiger partial charge in [-0.05, 0) is 74.9 Å². The number of carbonyl (C=O) groups excluding carboxylic acids is 1. The molecule has 0 bridgehead atoms. The molecule has 1 aliphatic carbocycles. The maximum absolute atomic E-state index is 13.1.